The van der Waals surface area contributed by atoms with Crippen molar-refractivity contribution >= 4 is 35.0 Å². The molecule has 2 aromatic rings. The predicted molar refractivity (Wildman–Crippen MR) is 80.6 cm³/mol. The van der Waals surface area contributed by atoms with Gasteiger partial charge in [0.2, 0.25) is 17.7 Å². The number of nitrogens with one attached hydrogen (secondary N) is 1. The number of anilines is 3. The van der Waals surface area contributed by atoms with Crippen molar-refractivity contribution in [2.24, 2.45) is 5.73 Å². The molecule has 0 fully saturated rings. The SMILES string of the molecule is NC(=O)c1ccc2c(c1)NC(=O)CCN2c1ccc([N+](=O)[O-])o1. The Morgan fingerprint density at radius 3 is 2.78 bits per heavy atom. The Morgan fingerprint density at radius 2 is 2.13 bits per heavy atom. The summed E-state index contributed by atoms with van der Waals surface area (Å²) in [7, 11) is 0. The summed E-state index contributed by atoms with van der Waals surface area (Å²) in [4.78, 5) is 34.9. The summed E-state index contributed by atoms with van der Waals surface area (Å²) in [5.41, 5.74) is 6.44. The van der Waals surface area contributed by atoms with Crippen LogP contribution in [0.2, 0.25) is 0 Å². The fourth-order valence-electron chi connectivity index (χ4n) is 2.36. The van der Waals surface area contributed by atoms with Gasteiger partial charge in [-0.05, 0) is 18.2 Å². The van der Waals surface area contributed by atoms with Crippen LogP contribution in [0.1, 0.15) is 16.8 Å². The van der Waals surface area contributed by atoms with E-state index in [4.69, 9.17) is 10.2 Å². The van der Waals surface area contributed by atoms with E-state index in [0.29, 0.717) is 11.4 Å². The molecule has 3 rings (SSSR count). The number of carbonyl (C=O) groups is 2. The first-order valence-corrected chi connectivity index (χ1v) is 6.71. The fraction of sp³-hybridized carbons (Fsp3) is 0.143. The predicted octanol–water partition coefficient (Wildman–Crippen LogP) is 1.77. The summed E-state index contributed by atoms with van der Waals surface area (Å²) >= 11 is 0. The first-order valence-electron chi connectivity index (χ1n) is 6.71. The number of nitro groups is 1. The smallest absolute Gasteiger partial charge is 0.384 e. The van der Waals surface area contributed by atoms with E-state index in [1.807, 2.05) is 0 Å². The van der Waals surface area contributed by atoms with Crippen LogP contribution in [0.5, 0.6) is 0 Å². The van der Waals surface area contributed by atoms with Gasteiger partial charge in [-0.15, -0.1) is 0 Å². The molecule has 9 nitrogen and oxygen atoms in total. The van der Waals surface area contributed by atoms with Crippen molar-refractivity contribution in [2.75, 3.05) is 16.8 Å². The third kappa shape index (κ3) is 2.71. The van der Waals surface area contributed by atoms with Crippen LogP contribution in [0, 0.1) is 10.1 Å². The molecule has 23 heavy (non-hydrogen) atoms. The lowest BCUT2D eigenvalue weighted by Gasteiger charge is -2.21. The number of rotatable bonds is 3. The molecule has 0 unspecified atom stereocenters. The van der Waals surface area contributed by atoms with Gasteiger partial charge in [-0.3, -0.25) is 19.7 Å². The van der Waals surface area contributed by atoms with Crippen LogP contribution in [0.3, 0.4) is 0 Å². The van der Waals surface area contributed by atoms with E-state index >= 15 is 0 Å². The molecule has 1 aromatic carbocycles. The monoisotopic (exact) mass is 316 g/mol. The average molecular weight is 316 g/mol. The molecular formula is C14H12N4O5. The van der Waals surface area contributed by atoms with E-state index in [1.54, 1.807) is 11.0 Å². The van der Waals surface area contributed by atoms with Gasteiger partial charge in [0.05, 0.1) is 17.4 Å². The van der Waals surface area contributed by atoms with E-state index in [0.717, 1.165) is 0 Å². The summed E-state index contributed by atoms with van der Waals surface area (Å²) in [5.74, 6) is -1.01. The Bertz CT molecular complexity index is 813. The Kier molecular flexibility index (Phi) is 3.45. The number of nitrogens with two attached hydrogens (primary N) is 1. The van der Waals surface area contributed by atoms with Crippen LogP contribution in [0.15, 0.2) is 34.7 Å². The zero-order valence-corrected chi connectivity index (χ0v) is 11.8. The molecule has 2 heterocycles. The Morgan fingerprint density at radius 1 is 1.35 bits per heavy atom. The first kappa shape index (κ1) is 14.6. The number of primary amides is 1. The van der Waals surface area contributed by atoms with Crippen molar-refractivity contribution in [3.8, 4) is 0 Å². The summed E-state index contributed by atoms with van der Waals surface area (Å²) in [5, 5.41) is 13.4. The second-order valence-electron chi connectivity index (χ2n) is 4.91. The molecule has 3 N–H and O–H groups in total. The van der Waals surface area contributed by atoms with Crippen LogP contribution in [-0.2, 0) is 4.79 Å². The minimum atomic E-state index is -0.637. The molecule has 0 bridgehead atoms. The van der Waals surface area contributed by atoms with Crippen LogP contribution >= 0.6 is 0 Å². The van der Waals surface area contributed by atoms with Crippen molar-refractivity contribution in [1.29, 1.82) is 0 Å². The molecule has 1 aromatic heterocycles. The van der Waals surface area contributed by atoms with Crippen molar-refractivity contribution in [3.05, 3.63) is 46.0 Å². The lowest BCUT2D eigenvalue weighted by atomic mass is 10.1. The maximum absolute atomic E-state index is 11.8. The standard InChI is InChI=1S/C14H12N4O5/c15-14(20)8-1-2-10-9(7-8)16-11(19)5-6-17(10)12-3-4-13(23-12)18(21)22/h1-4,7H,5-6H2,(H2,15,20)(H,16,19). The molecule has 9 heteroatoms. The third-order valence-electron chi connectivity index (χ3n) is 3.43. The second kappa shape index (κ2) is 5.44. The zero-order valence-electron chi connectivity index (χ0n) is 11.8. The largest absolute Gasteiger partial charge is 0.434 e. The zero-order chi connectivity index (χ0) is 16.6. The maximum Gasteiger partial charge on any atom is 0.434 e. The Balaban J connectivity index is 2.07. The van der Waals surface area contributed by atoms with Gasteiger partial charge in [-0.25, -0.2) is 0 Å². The lowest BCUT2D eigenvalue weighted by Crippen LogP contribution is -2.18. The number of amides is 2. The average Bonchev–Trinajstić information content (AvgIpc) is 2.92. The molecule has 0 aliphatic carbocycles. The second-order valence-corrected chi connectivity index (χ2v) is 4.91. The first-order chi connectivity index (χ1) is 11.0. The molecule has 1 aliphatic rings. The highest BCUT2D eigenvalue weighted by molar-refractivity contribution is 6.01. The number of hydrogen-bond donors (Lipinski definition) is 2. The van der Waals surface area contributed by atoms with Crippen molar-refractivity contribution in [1.82, 2.24) is 0 Å². The van der Waals surface area contributed by atoms with Crippen molar-refractivity contribution < 1.29 is 18.9 Å². The highest BCUT2D eigenvalue weighted by atomic mass is 16.6. The van der Waals surface area contributed by atoms with E-state index in [-0.39, 0.29) is 36.2 Å². The van der Waals surface area contributed by atoms with Gasteiger partial charge in [0, 0.05) is 24.6 Å². The Hall–Kier alpha value is -3.36. The van der Waals surface area contributed by atoms with Gasteiger partial charge in [0.25, 0.3) is 0 Å². The molecule has 2 amide bonds. The quantitative estimate of drug-likeness (QED) is 0.655. The highest BCUT2D eigenvalue weighted by Gasteiger charge is 2.25. The molecular weight excluding hydrogens is 304 g/mol. The van der Waals surface area contributed by atoms with Crippen molar-refractivity contribution in [2.45, 2.75) is 6.42 Å². The minimum Gasteiger partial charge on any atom is -0.384 e. The van der Waals surface area contributed by atoms with Crippen LogP contribution < -0.4 is 16.0 Å². The van der Waals surface area contributed by atoms with Gasteiger partial charge in [0.15, 0.2) is 0 Å². The number of fused-ring (bicyclic) bond motifs is 1. The highest BCUT2D eigenvalue weighted by Crippen LogP contribution is 2.37. The molecule has 1 aliphatic heterocycles. The van der Waals surface area contributed by atoms with Crippen LogP contribution in [0.25, 0.3) is 0 Å². The van der Waals surface area contributed by atoms with Crippen molar-refractivity contribution in [3.63, 3.8) is 0 Å². The fourth-order valence-corrected chi connectivity index (χ4v) is 2.36. The third-order valence-corrected chi connectivity index (χ3v) is 3.43. The van der Waals surface area contributed by atoms with Gasteiger partial charge >= 0.3 is 5.88 Å². The molecule has 118 valence electrons. The normalized spacial score (nSPS) is 13.9. The van der Waals surface area contributed by atoms with E-state index in [1.165, 1.54) is 24.3 Å². The number of benzene rings is 1. The van der Waals surface area contributed by atoms with Crippen LogP contribution in [-0.4, -0.2) is 23.3 Å². The van der Waals surface area contributed by atoms with E-state index in [9.17, 15) is 19.7 Å². The summed E-state index contributed by atoms with van der Waals surface area (Å²) in [6.07, 6.45) is 0.162. The number of hydrogen-bond acceptors (Lipinski definition) is 6. The molecule has 0 saturated carbocycles. The van der Waals surface area contributed by atoms with E-state index in [2.05, 4.69) is 5.32 Å². The number of nitrogens with zero attached hydrogens (tertiary/aromatic N) is 2. The molecule has 0 radical (unpaired) electrons. The lowest BCUT2D eigenvalue weighted by molar-refractivity contribution is -0.401. The minimum absolute atomic E-state index is 0.162. The molecule has 0 atom stereocenters. The van der Waals surface area contributed by atoms with Crippen LogP contribution in [0.4, 0.5) is 23.1 Å². The summed E-state index contributed by atoms with van der Waals surface area (Å²) in [6, 6.07) is 7.29. The molecule has 0 spiro atoms. The maximum atomic E-state index is 11.8. The Labute approximate surface area is 129 Å². The summed E-state index contributed by atoms with van der Waals surface area (Å²) < 4.78 is 5.21. The van der Waals surface area contributed by atoms with Gasteiger partial charge in [0.1, 0.15) is 4.92 Å². The number of carbonyl (C=O) groups excluding carboxylic acids is 2. The van der Waals surface area contributed by atoms with Gasteiger partial charge in [-0.1, -0.05) is 0 Å². The topological polar surface area (TPSA) is 132 Å². The van der Waals surface area contributed by atoms with Gasteiger partial charge < -0.3 is 20.4 Å². The van der Waals surface area contributed by atoms with Gasteiger partial charge in [-0.2, -0.15) is 0 Å². The summed E-state index contributed by atoms with van der Waals surface area (Å²) in [6.45, 7) is 0.277. The van der Waals surface area contributed by atoms with E-state index < -0.39 is 10.8 Å². The molecule has 0 saturated heterocycles. The number of furan rings is 1.